The number of nitrogen functional groups attached to an aromatic ring is 1. The number of anilines is 1. The summed E-state index contributed by atoms with van der Waals surface area (Å²) in [5.41, 5.74) is 6.24. The summed E-state index contributed by atoms with van der Waals surface area (Å²) in [5.74, 6) is 0.301. The third-order valence-corrected chi connectivity index (χ3v) is 2.64. The zero-order chi connectivity index (χ0) is 14.6. The lowest BCUT2D eigenvalue weighted by Crippen LogP contribution is -2.26. The van der Waals surface area contributed by atoms with Gasteiger partial charge in [0.25, 0.3) is 0 Å². The molecule has 4 nitrogen and oxygen atoms in total. The van der Waals surface area contributed by atoms with Gasteiger partial charge >= 0.3 is 6.18 Å². The van der Waals surface area contributed by atoms with Crippen LogP contribution >= 0.6 is 0 Å². The van der Waals surface area contributed by atoms with Gasteiger partial charge in [-0.05, 0) is 12.1 Å². The topological polar surface area (TPSA) is 62.3 Å². The van der Waals surface area contributed by atoms with Gasteiger partial charge in [-0.15, -0.1) is 0 Å². The van der Waals surface area contributed by atoms with E-state index in [1.807, 2.05) is 0 Å². The smallest absolute Gasteiger partial charge is 0.390 e. The number of rotatable bonds is 5. The molecule has 0 saturated carbocycles. The van der Waals surface area contributed by atoms with E-state index < -0.39 is 12.6 Å². The molecule has 3 N–H and O–H groups in total. The van der Waals surface area contributed by atoms with Crippen molar-refractivity contribution in [3.63, 3.8) is 0 Å². The second-order valence-corrected chi connectivity index (χ2v) is 4.08. The molecule has 0 aliphatic rings. The Labute approximate surface area is 109 Å². The summed E-state index contributed by atoms with van der Waals surface area (Å²) in [7, 11) is 2.98. The Balaban J connectivity index is 2.98. The summed E-state index contributed by atoms with van der Waals surface area (Å²) in [6, 6.07) is 4.73. The van der Waals surface area contributed by atoms with Gasteiger partial charge in [-0.1, -0.05) is 0 Å². The molecule has 0 saturated heterocycles. The summed E-state index contributed by atoms with van der Waals surface area (Å²) in [4.78, 5) is 1.41. The lowest BCUT2D eigenvalue weighted by atomic mass is 10.1. The van der Waals surface area contributed by atoms with Gasteiger partial charge in [0.1, 0.15) is 11.6 Å². The van der Waals surface area contributed by atoms with Crippen molar-refractivity contribution in [2.45, 2.75) is 12.6 Å². The normalized spacial score (nSPS) is 11.2. The number of alkyl halides is 3. The number of benzene rings is 1. The minimum absolute atomic E-state index is 0.198. The molecule has 106 valence electrons. The lowest BCUT2D eigenvalue weighted by Gasteiger charge is -2.23. The zero-order valence-corrected chi connectivity index (χ0v) is 10.7. The number of hydrogen-bond acceptors (Lipinski definition) is 3. The Morgan fingerprint density at radius 3 is 2.53 bits per heavy atom. The van der Waals surface area contributed by atoms with Crippen molar-refractivity contribution in [3.8, 4) is 5.75 Å². The molecular weight excluding hydrogens is 259 g/mol. The van der Waals surface area contributed by atoms with Crippen LogP contribution in [0.4, 0.5) is 18.9 Å². The highest BCUT2D eigenvalue weighted by Crippen LogP contribution is 2.27. The molecule has 0 unspecified atom stereocenters. The molecule has 0 aliphatic heterocycles. The molecule has 19 heavy (non-hydrogen) atoms. The average Bonchev–Trinajstić information content (AvgIpc) is 2.34. The van der Waals surface area contributed by atoms with Gasteiger partial charge in [0, 0.05) is 25.2 Å². The molecule has 0 aliphatic carbocycles. The van der Waals surface area contributed by atoms with Gasteiger partial charge < -0.3 is 15.4 Å². The molecule has 1 aromatic carbocycles. The predicted molar refractivity (Wildman–Crippen MR) is 68.0 cm³/mol. The van der Waals surface area contributed by atoms with Crippen molar-refractivity contribution in [2.75, 3.05) is 25.6 Å². The number of nitrogens with two attached hydrogens (primary N) is 1. The highest BCUT2D eigenvalue weighted by molar-refractivity contribution is 6.00. The van der Waals surface area contributed by atoms with E-state index in [1.165, 1.54) is 19.1 Å². The minimum atomic E-state index is -4.22. The fourth-order valence-corrected chi connectivity index (χ4v) is 1.60. The zero-order valence-electron chi connectivity index (χ0n) is 10.7. The molecule has 7 heteroatoms. The van der Waals surface area contributed by atoms with Crippen LogP contribution in [0.3, 0.4) is 0 Å². The van der Waals surface area contributed by atoms with Crippen LogP contribution in [0.25, 0.3) is 0 Å². The summed E-state index contributed by atoms with van der Waals surface area (Å²) in [6.45, 7) is -0.211. The number of amidine groups is 1. The summed E-state index contributed by atoms with van der Waals surface area (Å²) in [6.07, 6.45) is -5.15. The van der Waals surface area contributed by atoms with E-state index in [0.29, 0.717) is 17.0 Å². The molecule has 0 spiro atoms. The molecule has 0 aromatic heterocycles. The molecule has 0 heterocycles. The van der Waals surface area contributed by atoms with Crippen LogP contribution in [-0.2, 0) is 0 Å². The van der Waals surface area contributed by atoms with E-state index in [-0.39, 0.29) is 12.4 Å². The van der Waals surface area contributed by atoms with Crippen molar-refractivity contribution in [1.82, 2.24) is 0 Å². The van der Waals surface area contributed by atoms with Gasteiger partial charge in [-0.2, -0.15) is 13.2 Å². The first-order chi connectivity index (χ1) is 8.74. The number of hydrogen-bond donors (Lipinski definition) is 2. The molecule has 0 amide bonds. The molecular formula is C12H16F3N3O. The first-order valence-corrected chi connectivity index (χ1v) is 5.55. The van der Waals surface area contributed by atoms with E-state index >= 15 is 0 Å². The number of halogens is 3. The van der Waals surface area contributed by atoms with Gasteiger partial charge in [0.15, 0.2) is 0 Å². The summed E-state index contributed by atoms with van der Waals surface area (Å²) >= 11 is 0. The number of ether oxygens (including phenoxy) is 1. The third kappa shape index (κ3) is 4.35. The van der Waals surface area contributed by atoms with Crippen LogP contribution in [0.5, 0.6) is 5.75 Å². The van der Waals surface area contributed by atoms with E-state index in [9.17, 15) is 13.2 Å². The van der Waals surface area contributed by atoms with Crippen LogP contribution in [0.1, 0.15) is 12.0 Å². The maximum Gasteiger partial charge on any atom is 0.390 e. The highest BCUT2D eigenvalue weighted by atomic mass is 19.4. The lowest BCUT2D eigenvalue weighted by molar-refractivity contribution is -0.132. The number of nitrogens with one attached hydrogen (secondary N) is 1. The van der Waals surface area contributed by atoms with Crippen molar-refractivity contribution in [2.24, 2.45) is 5.73 Å². The number of nitrogens with zero attached hydrogens (tertiary/aromatic N) is 1. The fourth-order valence-electron chi connectivity index (χ4n) is 1.60. The Morgan fingerprint density at radius 1 is 1.42 bits per heavy atom. The van der Waals surface area contributed by atoms with Crippen molar-refractivity contribution < 1.29 is 17.9 Å². The fraction of sp³-hybridized carbons (Fsp3) is 0.417. The van der Waals surface area contributed by atoms with Crippen LogP contribution in [0, 0.1) is 5.41 Å². The van der Waals surface area contributed by atoms with E-state index in [4.69, 9.17) is 15.9 Å². The first-order valence-electron chi connectivity index (χ1n) is 5.55. The molecule has 0 fully saturated rings. The Kier molecular flexibility index (Phi) is 4.63. The van der Waals surface area contributed by atoms with E-state index in [1.54, 1.807) is 18.2 Å². The quantitative estimate of drug-likeness (QED) is 0.640. The van der Waals surface area contributed by atoms with Gasteiger partial charge in [-0.25, -0.2) is 0 Å². The van der Waals surface area contributed by atoms with Crippen LogP contribution in [0.2, 0.25) is 0 Å². The molecule has 1 rings (SSSR count). The Hall–Kier alpha value is -1.92. The third-order valence-electron chi connectivity index (χ3n) is 2.64. The van der Waals surface area contributed by atoms with Gasteiger partial charge in [0.05, 0.1) is 19.2 Å². The largest absolute Gasteiger partial charge is 0.497 e. The van der Waals surface area contributed by atoms with E-state index in [2.05, 4.69) is 0 Å². The summed E-state index contributed by atoms with van der Waals surface area (Å²) in [5, 5.41) is 7.44. The Morgan fingerprint density at radius 2 is 2.05 bits per heavy atom. The van der Waals surface area contributed by atoms with E-state index in [0.717, 1.165) is 0 Å². The molecule has 0 radical (unpaired) electrons. The van der Waals surface area contributed by atoms with Gasteiger partial charge in [-0.3, -0.25) is 5.41 Å². The SMILES string of the molecule is COc1ccc(C(=N)N)c(N(C)CCC(F)(F)F)c1. The molecule has 1 aromatic rings. The summed E-state index contributed by atoms with van der Waals surface area (Å²) < 4.78 is 41.7. The number of methoxy groups -OCH3 is 1. The maximum atomic E-state index is 12.2. The predicted octanol–water partition coefficient (Wildman–Crippen LogP) is 2.37. The second-order valence-electron chi connectivity index (χ2n) is 4.08. The standard InChI is InChI=1S/C12H16F3N3O/c1-18(6-5-12(13,14)15)10-7-8(19-2)3-4-9(10)11(16)17/h3-4,7H,5-6H2,1-2H3,(H3,16,17). The van der Waals surface area contributed by atoms with Crippen molar-refractivity contribution >= 4 is 11.5 Å². The first kappa shape index (κ1) is 15.1. The van der Waals surface area contributed by atoms with Crippen molar-refractivity contribution in [1.29, 1.82) is 5.41 Å². The van der Waals surface area contributed by atoms with Crippen LogP contribution < -0.4 is 15.4 Å². The van der Waals surface area contributed by atoms with Crippen molar-refractivity contribution in [3.05, 3.63) is 23.8 Å². The molecule has 0 atom stereocenters. The monoisotopic (exact) mass is 275 g/mol. The molecule has 0 bridgehead atoms. The van der Waals surface area contributed by atoms with Crippen LogP contribution in [-0.4, -0.2) is 32.7 Å². The average molecular weight is 275 g/mol. The van der Waals surface area contributed by atoms with Gasteiger partial charge in [0.2, 0.25) is 0 Å². The second kappa shape index (κ2) is 5.81. The highest BCUT2D eigenvalue weighted by Gasteiger charge is 2.27. The Bertz CT molecular complexity index is 460. The minimum Gasteiger partial charge on any atom is -0.497 e. The maximum absolute atomic E-state index is 12.2. The van der Waals surface area contributed by atoms with Crippen LogP contribution in [0.15, 0.2) is 18.2 Å².